The molecule has 0 spiro atoms. The second-order valence-electron chi connectivity index (χ2n) is 1.85. The predicted octanol–water partition coefficient (Wildman–Crippen LogP) is -1.01. The van der Waals surface area contributed by atoms with Gasteiger partial charge in [-0.15, -0.1) is 0 Å². The molecule has 0 saturated heterocycles. The first-order chi connectivity index (χ1) is 5.16. The summed E-state index contributed by atoms with van der Waals surface area (Å²) in [5.41, 5.74) is 0. The average molecular weight is 273 g/mol. The molecule has 0 aliphatic carbocycles. The second-order valence-corrected chi connectivity index (χ2v) is 4.09. The standard InChI is InChI=1S/C7H5F3I/c1-11-5-3-2-4(8)6(9)7(5)10/h2-3H,1H3/q-1. The summed E-state index contributed by atoms with van der Waals surface area (Å²) in [7, 11) is 0. The van der Waals surface area contributed by atoms with Gasteiger partial charge in [-0.2, -0.15) is 0 Å². The van der Waals surface area contributed by atoms with Gasteiger partial charge in [0.2, 0.25) is 0 Å². The second kappa shape index (κ2) is 3.42. The van der Waals surface area contributed by atoms with Crippen LogP contribution < -0.4 is 21.2 Å². The fourth-order valence-electron chi connectivity index (χ4n) is 0.648. The van der Waals surface area contributed by atoms with Crippen molar-refractivity contribution in [2.45, 2.75) is 0 Å². The van der Waals surface area contributed by atoms with E-state index < -0.39 is 38.7 Å². The Morgan fingerprint density at radius 1 is 1.09 bits per heavy atom. The Bertz CT molecular complexity index is 273. The van der Waals surface area contributed by atoms with Gasteiger partial charge in [0, 0.05) is 0 Å². The predicted molar refractivity (Wildman–Crippen MR) is 30.9 cm³/mol. The van der Waals surface area contributed by atoms with E-state index in [9.17, 15) is 13.2 Å². The Hall–Kier alpha value is -0.260. The van der Waals surface area contributed by atoms with Crippen LogP contribution in [0, 0.1) is 21.0 Å². The number of benzene rings is 1. The Balaban J connectivity index is 3.25. The van der Waals surface area contributed by atoms with Crippen LogP contribution in [-0.4, -0.2) is 4.93 Å². The monoisotopic (exact) mass is 273 g/mol. The van der Waals surface area contributed by atoms with Gasteiger partial charge in [-0.05, 0) is 0 Å². The Kier molecular flexibility index (Phi) is 2.75. The number of hydrogen-bond donors (Lipinski definition) is 0. The van der Waals surface area contributed by atoms with Gasteiger partial charge in [0.25, 0.3) is 0 Å². The summed E-state index contributed by atoms with van der Waals surface area (Å²) < 4.78 is 37.7. The van der Waals surface area contributed by atoms with Gasteiger partial charge in [-0.3, -0.25) is 0 Å². The van der Waals surface area contributed by atoms with Crippen LogP contribution in [0.2, 0.25) is 0 Å². The quantitative estimate of drug-likeness (QED) is 0.266. The van der Waals surface area contributed by atoms with E-state index in [1.165, 1.54) is 6.07 Å². The molecule has 1 aromatic carbocycles. The molecular formula is C7H5F3I-. The van der Waals surface area contributed by atoms with E-state index >= 15 is 0 Å². The zero-order valence-corrected chi connectivity index (χ0v) is 7.82. The van der Waals surface area contributed by atoms with Gasteiger partial charge >= 0.3 is 72.5 Å². The summed E-state index contributed by atoms with van der Waals surface area (Å²) in [6.07, 6.45) is 0. The van der Waals surface area contributed by atoms with E-state index in [-0.39, 0.29) is 0 Å². The van der Waals surface area contributed by atoms with Crippen molar-refractivity contribution in [3.63, 3.8) is 0 Å². The topological polar surface area (TPSA) is 0 Å². The molecule has 0 bridgehead atoms. The molecule has 0 N–H and O–H groups in total. The van der Waals surface area contributed by atoms with Crippen LogP contribution in [0.25, 0.3) is 0 Å². The number of halogens is 4. The maximum absolute atomic E-state index is 12.7. The summed E-state index contributed by atoms with van der Waals surface area (Å²) in [5.74, 6) is -3.51. The summed E-state index contributed by atoms with van der Waals surface area (Å²) in [4.78, 5) is 1.79. The molecule has 4 heteroatoms. The molecule has 0 heterocycles. The normalized spacial score (nSPS) is 10.5. The molecule has 1 aromatic rings. The van der Waals surface area contributed by atoms with Crippen molar-refractivity contribution in [1.82, 2.24) is 0 Å². The molecule has 0 saturated carbocycles. The first-order valence-electron chi connectivity index (χ1n) is 2.79. The van der Waals surface area contributed by atoms with Gasteiger partial charge < -0.3 is 0 Å². The molecule has 1 rings (SSSR count). The molecule has 0 amide bonds. The third-order valence-electron chi connectivity index (χ3n) is 1.19. The summed E-state index contributed by atoms with van der Waals surface area (Å²) in [5, 5.41) is 0. The summed E-state index contributed by atoms with van der Waals surface area (Å²) in [6, 6.07) is 2.25. The van der Waals surface area contributed by atoms with Gasteiger partial charge in [-0.1, -0.05) is 0 Å². The molecule has 0 aliphatic heterocycles. The van der Waals surface area contributed by atoms with Crippen molar-refractivity contribution in [3.05, 3.63) is 33.2 Å². The fourth-order valence-corrected chi connectivity index (χ4v) is 1.90. The van der Waals surface area contributed by atoms with Crippen molar-refractivity contribution in [3.8, 4) is 0 Å². The molecule has 62 valence electrons. The molecule has 11 heavy (non-hydrogen) atoms. The molecule has 0 radical (unpaired) electrons. The van der Waals surface area contributed by atoms with E-state index in [4.69, 9.17) is 0 Å². The minimum absolute atomic E-state index is 0.308. The first-order valence-corrected chi connectivity index (χ1v) is 6.03. The van der Waals surface area contributed by atoms with Crippen molar-refractivity contribution >= 4 is 0 Å². The number of alkyl halides is 1. The Labute approximate surface area is 72.7 Å². The Morgan fingerprint density at radius 2 is 1.73 bits per heavy atom. The van der Waals surface area contributed by atoms with Crippen LogP contribution in [0.3, 0.4) is 0 Å². The maximum atomic E-state index is 12.7. The van der Waals surface area contributed by atoms with Crippen molar-refractivity contribution in [2.75, 3.05) is 4.93 Å². The van der Waals surface area contributed by atoms with Crippen LogP contribution in [0.15, 0.2) is 12.1 Å². The Morgan fingerprint density at radius 3 is 2.27 bits per heavy atom. The molecule has 0 unspecified atom stereocenters. The van der Waals surface area contributed by atoms with Gasteiger partial charge in [-0.25, -0.2) is 0 Å². The zero-order chi connectivity index (χ0) is 8.43. The number of hydrogen-bond acceptors (Lipinski definition) is 0. The van der Waals surface area contributed by atoms with Gasteiger partial charge in [0.1, 0.15) is 0 Å². The average Bonchev–Trinajstić information content (AvgIpc) is 2.01. The molecule has 0 aliphatic rings. The van der Waals surface area contributed by atoms with E-state index in [1.807, 2.05) is 0 Å². The van der Waals surface area contributed by atoms with Crippen molar-refractivity contribution < 1.29 is 34.4 Å². The van der Waals surface area contributed by atoms with E-state index in [1.54, 1.807) is 4.93 Å². The first kappa shape index (κ1) is 8.83. The third kappa shape index (κ3) is 1.66. The van der Waals surface area contributed by atoms with Crippen LogP contribution in [0.5, 0.6) is 0 Å². The molecule has 0 atom stereocenters. The molecule has 0 aromatic heterocycles. The van der Waals surface area contributed by atoms with Crippen molar-refractivity contribution in [1.29, 1.82) is 0 Å². The summed E-state index contributed by atoms with van der Waals surface area (Å²) >= 11 is -0.524. The van der Waals surface area contributed by atoms with Gasteiger partial charge in [0.05, 0.1) is 0 Å². The van der Waals surface area contributed by atoms with E-state index in [0.29, 0.717) is 3.57 Å². The van der Waals surface area contributed by atoms with E-state index in [0.717, 1.165) is 6.07 Å². The van der Waals surface area contributed by atoms with Crippen LogP contribution in [-0.2, 0) is 0 Å². The molecular weight excluding hydrogens is 268 g/mol. The molecule has 0 nitrogen and oxygen atoms in total. The molecule has 0 fully saturated rings. The van der Waals surface area contributed by atoms with Crippen LogP contribution in [0.1, 0.15) is 0 Å². The zero-order valence-electron chi connectivity index (χ0n) is 5.67. The van der Waals surface area contributed by atoms with Crippen molar-refractivity contribution in [2.24, 2.45) is 0 Å². The third-order valence-corrected chi connectivity index (χ3v) is 3.19. The summed E-state index contributed by atoms with van der Waals surface area (Å²) in [6.45, 7) is 0. The van der Waals surface area contributed by atoms with Gasteiger partial charge in [0.15, 0.2) is 0 Å². The van der Waals surface area contributed by atoms with Crippen LogP contribution >= 0.6 is 0 Å². The van der Waals surface area contributed by atoms with Crippen LogP contribution in [0.4, 0.5) is 13.2 Å². The fraction of sp³-hybridized carbons (Fsp3) is 0.143. The number of rotatable bonds is 1. The minimum atomic E-state index is -1.36. The SMILES string of the molecule is C[I-]c1ccc(F)c(F)c1F. The van der Waals surface area contributed by atoms with E-state index in [2.05, 4.69) is 0 Å².